The number of aliphatic hydroxyl groups excluding tert-OH is 1. The van der Waals surface area contributed by atoms with E-state index in [0.29, 0.717) is 0 Å². The summed E-state index contributed by atoms with van der Waals surface area (Å²) in [7, 11) is 0. The number of hydrogen-bond donors (Lipinski definition) is 2. The van der Waals surface area contributed by atoms with Gasteiger partial charge in [0.1, 0.15) is 6.10 Å². The van der Waals surface area contributed by atoms with E-state index in [1.807, 2.05) is 17.5 Å². The Bertz CT molecular complexity index is 293. The van der Waals surface area contributed by atoms with Gasteiger partial charge in [-0.25, -0.2) is 5.43 Å². The van der Waals surface area contributed by atoms with E-state index in [2.05, 4.69) is 10.5 Å². The minimum absolute atomic E-state index is 0.507. The first-order valence-electron chi connectivity index (χ1n) is 3.74. The maximum absolute atomic E-state index is 10.8. The highest BCUT2D eigenvalue weighted by atomic mass is 32.1. The number of carbonyl (C=O) groups is 1. The van der Waals surface area contributed by atoms with Crippen LogP contribution in [0.25, 0.3) is 0 Å². The van der Waals surface area contributed by atoms with E-state index in [1.165, 1.54) is 24.5 Å². The van der Waals surface area contributed by atoms with Crippen molar-refractivity contribution in [3.05, 3.63) is 22.4 Å². The van der Waals surface area contributed by atoms with Crippen molar-refractivity contribution in [2.75, 3.05) is 0 Å². The maximum atomic E-state index is 10.8. The van der Waals surface area contributed by atoms with Gasteiger partial charge in [-0.2, -0.15) is 5.10 Å². The number of aliphatic hydroxyl groups is 1. The van der Waals surface area contributed by atoms with Crippen molar-refractivity contribution in [1.29, 1.82) is 0 Å². The predicted molar refractivity (Wildman–Crippen MR) is 51.7 cm³/mol. The van der Waals surface area contributed by atoms with Crippen LogP contribution in [0.2, 0.25) is 0 Å². The van der Waals surface area contributed by atoms with Crippen molar-refractivity contribution < 1.29 is 9.90 Å². The van der Waals surface area contributed by atoms with Gasteiger partial charge in [-0.1, -0.05) is 6.07 Å². The lowest BCUT2D eigenvalue weighted by Gasteiger charge is -1.99. The van der Waals surface area contributed by atoms with E-state index in [4.69, 9.17) is 5.11 Å². The van der Waals surface area contributed by atoms with Gasteiger partial charge in [-0.3, -0.25) is 4.79 Å². The van der Waals surface area contributed by atoms with Crippen molar-refractivity contribution >= 4 is 23.5 Å². The molecule has 1 rings (SSSR count). The Labute approximate surface area is 79.9 Å². The molecule has 1 atom stereocenters. The smallest absolute Gasteiger partial charge is 0.268 e. The summed E-state index contributed by atoms with van der Waals surface area (Å²) in [6.07, 6.45) is 0.505. The molecule has 4 nitrogen and oxygen atoms in total. The fourth-order valence-corrected chi connectivity index (χ4v) is 1.20. The average molecular weight is 198 g/mol. The molecule has 0 bridgehead atoms. The van der Waals surface area contributed by atoms with E-state index in [-0.39, 0.29) is 0 Å². The van der Waals surface area contributed by atoms with E-state index >= 15 is 0 Å². The third kappa shape index (κ3) is 3.35. The molecule has 1 aromatic heterocycles. The van der Waals surface area contributed by atoms with Crippen LogP contribution in [0.15, 0.2) is 22.6 Å². The molecule has 13 heavy (non-hydrogen) atoms. The van der Waals surface area contributed by atoms with Gasteiger partial charge in [0.25, 0.3) is 5.91 Å². The van der Waals surface area contributed by atoms with Gasteiger partial charge in [0.2, 0.25) is 0 Å². The normalized spacial score (nSPS) is 13.1. The molecule has 0 saturated heterocycles. The summed E-state index contributed by atoms with van der Waals surface area (Å²) in [6, 6.07) is 3.77. The van der Waals surface area contributed by atoms with Gasteiger partial charge in [0.05, 0.1) is 6.21 Å². The second-order valence-electron chi connectivity index (χ2n) is 2.43. The van der Waals surface area contributed by atoms with Crippen molar-refractivity contribution in [2.45, 2.75) is 13.0 Å². The highest BCUT2D eigenvalue weighted by molar-refractivity contribution is 7.11. The van der Waals surface area contributed by atoms with Gasteiger partial charge in [-0.05, 0) is 18.4 Å². The van der Waals surface area contributed by atoms with Crippen molar-refractivity contribution in [2.24, 2.45) is 5.10 Å². The van der Waals surface area contributed by atoms with Crippen LogP contribution in [0, 0.1) is 0 Å². The number of rotatable bonds is 3. The van der Waals surface area contributed by atoms with Gasteiger partial charge < -0.3 is 5.11 Å². The van der Waals surface area contributed by atoms with Crippen molar-refractivity contribution in [1.82, 2.24) is 5.43 Å². The molecule has 70 valence electrons. The number of nitrogens with zero attached hydrogens (tertiary/aromatic N) is 1. The third-order valence-corrected chi connectivity index (χ3v) is 2.10. The third-order valence-electron chi connectivity index (χ3n) is 1.29. The van der Waals surface area contributed by atoms with Crippen LogP contribution in [-0.2, 0) is 4.79 Å². The van der Waals surface area contributed by atoms with E-state index in [9.17, 15) is 4.79 Å². The maximum Gasteiger partial charge on any atom is 0.268 e. The van der Waals surface area contributed by atoms with Crippen LogP contribution in [0.5, 0.6) is 0 Å². The largest absolute Gasteiger partial charge is 0.383 e. The fourth-order valence-electron chi connectivity index (χ4n) is 0.618. The summed E-state index contributed by atoms with van der Waals surface area (Å²) in [5.41, 5.74) is 2.21. The summed E-state index contributed by atoms with van der Waals surface area (Å²) >= 11 is 1.52. The lowest BCUT2D eigenvalue weighted by molar-refractivity contribution is -0.128. The van der Waals surface area contributed by atoms with Crippen LogP contribution in [0.3, 0.4) is 0 Å². The van der Waals surface area contributed by atoms with Gasteiger partial charge in [0, 0.05) is 4.88 Å². The molecular weight excluding hydrogens is 188 g/mol. The molecule has 0 aliphatic rings. The molecule has 0 radical (unpaired) electrons. The second kappa shape index (κ2) is 4.74. The van der Waals surface area contributed by atoms with Crippen molar-refractivity contribution in [3.63, 3.8) is 0 Å². The quantitative estimate of drug-likeness (QED) is 0.551. The SMILES string of the molecule is C[C@@H](O)C(=O)N/N=C\c1cccs1. The standard InChI is InChI=1S/C8H10N2O2S/c1-6(11)8(12)10-9-5-7-3-2-4-13-7/h2-6,11H,1H3,(H,10,12)/b9-5-/t6-/m1/s1. The average Bonchev–Trinajstić information content (AvgIpc) is 2.56. The summed E-state index contributed by atoms with van der Waals surface area (Å²) < 4.78 is 0. The molecule has 0 aliphatic carbocycles. The Morgan fingerprint density at radius 3 is 3.15 bits per heavy atom. The van der Waals surface area contributed by atoms with E-state index in [0.717, 1.165) is 4.88 Å². The van der Waals surface area contributed by atoms with Crippen LogP contribution >= 0.6 is 11.3 Å². The first kappa shape index (κ1) is 9.88. The topological polar surface area (TPSA) is 61.7 Å². The molecule has 0 aromatic carbocycles. The lowest BCUT2D eigenvalue weighted by atomic mass is 10.4. The highest BCUT2D eigenvalue weighted by Crippen LogP contribution is 2.03. The first-order valence-corrected chi connectivity index (χ1v) is 4.62. The Balaban J connectivity index is 2.39. The van der Waals surface area contributed by atoms with Crippen molar-refractivity contribution in [3.8, 4) is 0 Å². The summed E-state index contributed by atoms with van der Waals surface area (Å²) in [5, 5.41) is 14.4. The number of hydrazone groups is 1. The summed E-state index contributed by atoms with van der Waals surface area (Å²) in [6.45, 7) is 1.38. The molecule has 0 unspecified atom stereocenters. The number of thiophene rings is 1. The Morgan fingerprint density at radius 2 is 2.62 bits per heavy atom. The van der Waals surface area contributed by atoms with Crippen LogP contribution < -0.4 is 5.43 Å². The molecule has 1 heterocycles. The second-order valence-corrected chi connectivity index (χ2v) is 3.40. The molecule has 2 N–H and O–H groups in total. The highest BCUT2D eigenvalue weighted by Gasteiger charge is 2.05. The van der Waals surface area contributed by atoms with E-state index in [1.54, 1.807) is 0 Å². The Hall–Kier alpha value is -1.20. The first-order chi connectivity index (χ1) is 6.20. The van der Waals surface area contributed by atoms with Crippen LogP contribution in [0.4, 0.5) is 0 Å². The molecule has 0 fully saturated rings. The van der Waals surface area contributed by atoms with Gasteiger partial charge in [-0.15, -0.1) is 11.3 Å². The summed E-state index contributed by atoms with van der Waals surface area (Å²) in [4.78, 5) is 11.7. The fraction of sp³-hybridized carbons (Fsp3) is 0.250. The Kier molecular flexibility index (Phi) is 3.60. The van der Waals surface area contributed by atoms with Gasteiger partial charge in [0.15, 0.2) is 0 Å². The van der Waals surface area contributed by atoms with Crippen LogP contribution in [0.1, 0.15) is 11.8 Å². The zero-order valence-corrected chi connectivity index (χ0v) is 7.91. The molecule has 0 saturated carbocycles. The molecule has 0 aliphatic heterocycles. The predicted octanol–water partition coefficient (Wildman–Crippen LogP) is 0.579. The molecule has 0 spiro atoms. The number of nitrogens with one attached hydrogen (secondary N) is 1. The van der Waals surface area contributed by atoms with Gasteiger partial charge >= 0.3 is 0 Å². The Morgan fingerprint density at radius 1 is 1.85 bits per heavy atom. The van der Waals surface area contributed by atoms with E-state index < -0.39 is 12.0 Å². The number of carbonyl (C=O) groups excluding carboxylic acids is 1. The molecule has 1 amide bonds. The number of hydrogen-bond acceptors (Lipinski definition) is 4. The minimum Gasteiger partial charge on any atom is -0.383 e. The summed E-state index contributed by atoms with van der Waals surface area (Å²) in [5.74, 6) is -0.507. The zero-order chi connectivity index (χ0) is 9.68. The molecule has 1 aromatic rings. The monoisotopic (exact) mass is 198 g/mol. The minimum atomic E-state index is -1.03. The molecule has 5 heteroatoms. The zero-order valence-electron chi connectivity index (χ0n) is 7.10. The lowest BCUT2D eigenvalue weighted by Crippen LogP contribution is -2.28. The van der Waals surface area contributed by atoms with Crippen LogP contribution in [-0.4, -0.2) is 23.3 Å². The number of amides is 1. The molecular formula is C8H10N2O2S.